The first-order valence-electron chi connectivity index (χ1n) is 5.63. The van der Waals surface area contributed by atoms with E-state index in [-0.39, 0.29) is 5.75 Å². The summed E-state index contributed by atoms with van der Waals surface area (Å²) in [5.74, 6) is 5.21. The molecule has 1 unspecified atom stereocenters. The van der Waals surface area contributed by atoms with Gasteiger partial charge in [0.2, 0.25) is 0 Å². The van der Waals surface area contributed by atoms with Crippen LogP contribution in [-0.2, 0) is 0 Å². The highest BCUT2D eigenvalue weighted by molar-refractivity contribution is 7.09. The highest BCUT2D eigenvalue weighted by Gasteiger charge is 2.33. The van der Waals surface area contributed by atoms with Gasteiger partial charge in [-0.05, 0) is 13.0 Å². The lowest BCUT2D eigenvalue weighted by Crippen LogP contribution is -2.30. The van der Waals surface area contributed by atoms with Crippen molar-refractivity contribution in [2.45, 2.75) is 19.3 Å². The van der Waals surface area contributed by atoms with E-state index in [1.807, 2.05) is 0 Å². The second kappa shape index (κ2) is 5.78. The first kappa shape index (κ1) is 14.8. The number of nitrogens with one attached hydrogen (secondary N) is 1. The number of hydrogen-bond acceptors (Lipinski definition) is 5. The van der Waals surface area contributed by atoms with Crippen molar-refractivity contribution < 1.29 is 17.9 Å². The van der Waals surface area contributed by atoms with Crippen molar-refractivity contribution in [3.05, 3.63) is 45.9 Å². The van der Waals surface area contributed by atoms with Crippen LogP contribution in [0.15, 0.2) is 29.8 Å². The van der Waals surface area contributed by atoms with E-state index in [0.29, 0.717) is 11.3 Å². The third-order valence-electron chi connectivity index (χ3n) is 2.67. The fourth-order valence-corrected chi connectivity index (χ4v) is 2.71. The maximum Gasteiger partial charge on any atom is 0.573 e. The van der Waals surface area contributed by atoms with Crippen molar-refractivity contribution >= 4 is 11.3 Å². The fraction of sp³-hybridized carbons (Fsp3) is 0.250. The first-order valence-corrected chi connectivity index (χ1v) is 6.51. The molecular weight excluding hydrogens is 291 g/mol. The van der Waals surface area contributed by atoms with Crippen molar-refractivity contribution in [1.82, 2.24) is 10.4 Å². The van der Waals surface area contributed by atoms with Crippen molar-refractivity contribution in [3.63, 3.8) is 0 Å². The Kier molecular flexibility index (Phi) is 4.26. The van der Waals surface area contributed by atoms with Gasteiger partial charge < -0.3 is 4.74 Å². The number of hydrazine groups is 1. The largest absolute Gasteiger partial charge is 0.573 e. The van der Waals surface area contributed by atoms with Gasteiger partial charge >= 0.3 is 6.36 Å². The van der Waals surface area contributed by atoms with E-state index in [9.17, 15) is 13.2 Å². The van der Waals surface area contributed by atoms with Crippen LogP contribution in [0.1, 0.15) is 22.2 Å². The summed E-state index contributed by atoms with van der Waals surface area (Å²) in [4.78, 5) is 4.82. The Hall–Kier alpha value is -1.64. The lowest BCUT2D eigenvalue weighted by Gasteiger charge is -2.20. The second-order valence-electron chi connectivity index (χ2n) is 3.99. The van der Waals surface area contributed by atoms with Gasteiger partial charge in [0.25, 0.3) is 0 Å². The summed E-state index contributed by atoms with van der Waals surface area (Å²) in [7, 11) is 0. The molecule has 108 valence electrons. The number of alkyl halides is 3. The van der Waals surface area contributed by atoms with Crippen LogP contribution < -0.4 is 16.0 Å². The third-order valence-corrected chi connectivity index (χ3v) is 3.66. The van der Waals surface area contributed by atoms with Gasteiger partial charge in [-0.15, -0.1) is 24.5 Å². The van der Waals surface area contributed by atoms with E-state index < -0.39 is 12.4 Å². The van der Waals surface area contributed by atoms with Crippen molar-refractivity contribution in [2.24, 2.45) is 5.84 Å². The maximum absolute atomic E-state index is 12.4. The van der Waals surface area contributed by atoms with E-state index in [0.717, 1.165) is 4.88 Å². The number of aryl methyl sites for hydroxylation is 1. The third kappa shape index (κ3) is 3.27. The van der Waals surface area contributed by atoms with E-state index in [2.05, 4.69) is 15.1 Å². The minimum atomic E-state index is -4.75. The Morgan fingerprint density at radius 3 is 2.60 bits per heavy atom. The summed E-state index contributed by atoms with van der Waals surface area (Å²) < 4.78 is 41.3. The molecule has 2 aromatic rings. The zero-order valence-electron chi connectivity index (χ0n) is 10.4. The van der Waals surface area contributed by atoms with Gasteiger partial charge in [0.05, 0.1) is 22.1 Å². The Morgan fingerprint density at radius 2 is 2.05 bits per heavy atom. The maximum atomic E-state index is 12.4. The number of benzene rings is 1. The summed E-state index contributed by atoms with van der Waals surface area (Å²) in [6.45, 7) is 1.77. The van der Waals surface area contributed by atoms with Crippen molar-refractivity contribution in [1.29, 1.82) is 0 Å². The zero-order valence-corrected chi connectivity index (χ0v) is 11.3. The molecule has 0 radical (unpaired) electrons. The minimum Gasteiger partial charge on any atom is -0.405 e. The van der Waals surface area contributed by atoms with Crippen LogP contribution in [0.4, 0.5) is 13.2 Å². The summed E-state index contributed by atoms with van der Waals surface area (Å²) in [5, 5.41) is 0. The summed E-state index contributed by atoms with van der Waals surface area (Å²) in [6, 6.07) is 5.27. The topological polar surface area (TPSA) is 60.2 Å². The normalized spacial score (nSPS) is 13.2. The molecule has 4 nitrogen and oxygen atoms in total. The minimum absolute atomic E-state index is 0.282. The Morgan fingerprint density at radius 1 is 1.35 bits per heavy atom. The van der Waals surface area contributed by atoms with Crippen LogP contribution in [0.25, 0.3) is 0 Å². The van der Waals surface area contributed by atoms with Crippen LogP contribution in [0.3, 0.4) is 0 Å². The molecule has 2 rings (SSSR count). The van der Waals surface area contributed by atoms with Crippen LogP contribution in [0, 0.1) is 6.92 Å². The number of para-hydroxylation sites is 1. The van der Waals surface area contributed by atoms with Gasteiger partial charge in [0, 0.05) is 5.56 Å². The molecule has 1 heterocycles. The average molecular weight is 303 g/mol. The molecule has 1 atom stereocenters. The molecule has 1 aromatic heterocycles. The van der Waals surface area contributed by atoms with E-state index >= 15 is 0 Å². The molecule has 0 aliphatic heterocycles. The highest BCUT2D eigenvalue weighted by Crippen LogP contribution is 2.35. The smallest absolute Gasteiger partial charge is 0.405 e. The molecule has 0 aliphatic carbocycles. The molecule has 0 spiro atoms. The number of nitrogens with zero attached hydrogens (tertiary/aromatic N) is 1. The average Bonchev–Trinajstić information content (AvgIpc) is 2.77. The standard InChI is InChI=1S/C12H12F3N3OS/c1-7-11(20-6-17-7)10(18-16)8-4-2-3-5-9(8)19-12(13,14)15/h2-6,10,18H,16H2,1H3. The highest BCUT2D eigenvalue weighted by atomic mass is 32.1. The second-order valence-corrected chi connectivity index (χ2v) is 4.87. The van der Waals surface area contributed by atoms with Crippen LogP contribution >= 0.6 is 11.3 Å². The van der Waals surface area contributed by atoms with Crippen LogP contribution in [-0.4, -0.2) is 11.3 Å². The number of thiazole rings is 1. The van der Waals surface area contributed by atoms with Gasteiger partial charge in [-0.1, -0.05) is 18.2 Å². The lowest BCUT2D eigenvalue weighted by atomic mass is 10.0. The predicted molar refractivity (Wildman–Crippen MR) is 69.1 cm³/mol. The number of halogens is 3. The first-order chi connectivity index (χ1) is 9.42. The van der Waals surface area contributed by atoms with E-state index in [1.54, 1.807) is 18.5 Å². The van der Waals surface area contributed by atoms with Crippen LogP contribution in [0.5, 0.6) is 5.75 Å². The lowest BCUT2D eigenvalue weighted by molar-refractivity contribution is -0.275. The molecular formula is C12H12F3N3OS. The predicted octanol–water partition coefficient (Wildman–Crippen LogP) is 2.90. The Balaban J connectivity index is 2.43. The zero-order chi connectivity index (χ0) is 14.8. The monoisotopic (exact) mass is 303 g/mol. The molecule has 0 bridgehead atoms. The molecule has 0 amide bonds. The number of aromatic nitrogens is 1. The molecule has 0 aliphatic rings. The number of nitrogens with two attached hydrogens (primary N) is 1. The van der Waals surface area contributed by atoms with E-state index in [4.69, 9.17) is 5.84 Å². The number of rotatable bonds is 4. The van der Waals surface area contributed by atoms with Gasteiger partial charge in [0.15, 0.2) is 0 Å². The molecule has 0 saturated carbocycles. The number of ether oxygens (including phenoxy) is 1. The summed E-state index contributed by atoms with van der Waals surface area (Å²) in [5.41, 5.74) is 5.14. The quantitative estimate of drug-likeness (QED) is 0.673. The van der Waals surface area contributed by atoms with Gasteiger partial charge in [0.1, 0.15) is 5.75 Å². The van der Waals surface area contributed by atoms with Crippen molar-refractivity contribution in [3.8, 4) is 5.75 Å². The molecule has 0 fully saturated rings. The molecule has 3 N–H and O–H groups in total. The van der Waals surface area contributed by atoms with Gasteiger partial charge in [-0.2, -0.15) is 0 Å². The Labute approximate surface area is 117 Å². The SMILES string of the molecule is Cc1ncsc1C(NN)c1ccccc1OC(F)(F)F. The molecule has 0 saturated heterocycles. The van der Waals surface area contributed by atoms with Gasteiger partial charge in [-0.25, -0.2) is 10.4 Å². The molecule has 1 aromatic carbocycles. The van der Waals surface area contributed by atoms with E-state index in [1.165, 1.54) is 29.5 Å². The van der Waals surface area contributed by atoms with Gasteiger partial charge in [-0.3, -0.25) is 5.84 Å². The summed E-state index contributed by atoms with van der Waals surface area (Å²) in [6.07, 6.45) is -4.75. The summed E-state index contributed by atoms with van der Waals surface area (Å²) >= 11 is 1.31. The van der Waals surface area contributed by atoms with Crippen LogP contribution in [0.2, 0.25) is 0 Å². The Bertz CT molecular complexity index is 585. The van der Waals surface area contributed by atoms with Crippen molar-refractivity contribution in [2.75, 3.05) is 0 Å². The molecule has 8 heteroatoms. The number of hydrogen-bond donors (Lipinski definition) is 2. The fourth-order valence-electron chi connectivity index (χ4n) is 1.83. The molecule has 20 heavy (non-hydrogen) atoms.